The molecule has 0 saturated heterocycles. The van der Waals surface area contributed by atoms with Crippen LogP contribution in [0.1, 0.15) is 11.4 Å². The highest BCUT2D eigenvalue weighted by Gasteiger charge is 2.06. The first-order valence-electron chi connectivity index (χ1n) is 6.13. The summed E-state index contributed by atoms with van der Waals surface area (Å²) in [5.74, 6) is 1.02. The van der Waals surface area contributed by atoms with E-state index in [-0.39, 0.29) is 6.61 Å². The summed E-state index contributed by atoms with van der Waals surface area (Å²) in [5.41, 5.74) is 1.27. The number of aromatic nitrogens is 2. The highest BCUT2D eigenvalue weighted by molar-refractivity contribution is 5.15. The molecule has 4 heteroatoms. The van der Waals surface area contributed by atoms with Crippen LogP contribution in [0.4, 0.5) is 0 Å². The average Bonchev–Trinajstić information content (AvgIpc) is 2.78. The Kier molecular flexibility index (Phi) is 4.50. The van der Waals surface area contributed by atoms with E-state index >= 15 is 0 Å². The molecule has 1 heterocycles. The Hall–Kier alpha value is -1.65. The number of aliphatic hydroxyl groups excluding tert-OH is 1. The van der Waals surface area contributed by atoms with Crippen LogP contribution < -0.4 is 0 Å². The van der Waals surface area contributed by atoms with Crippen molar-refractivity contribution in [3.8, 4) is 0 Å². The molecule has 96 valence electrons. The second-order valence-corrected chi connectivity index (χ2v) is 4.42. The zero-order valence-corrected chi connectivity index (χ0v) is 10.7. The molecule has 0 bridgehead atoms. The third-order valence-corrected chi connectivity index (χ3v) is 2.89. The van der Waals surface area contributed by atoms with Gasteiger partial charge in [0.05, 0.1) is 13.2 Å². The van der Waals surface area contributed by atoms with Crippen LogP contribution in [0.3, 0.4) is 0 Å². The van der Waals surface area contributed by atoms with Gasteiger partial charge < -0.3 is 9.67 Å². The lowest BCUT2D eigenvalue weighted by molar-refractivity contribution is 0.213. The Bertz CT molecular complexity index is 467. The smallest absolute Gasteiger partial charge is 0.123 e. The number of nitrogens with zero attached hydrogens (tertiary/aromatic N) is 3. The molecule has 1 aromatic carbocycles. The first kappa shape index (κ1) is 12.8. The fraction of sp³-hybridized carbons (Fsp3) is 0.357. The molecule has 1 N–H and O–H groups in total. The second kappa shape index (κ2) is 6.33. The monoisotopic (exact) mass is 245 g/mol. The number of likely N-dealkylation sites (N-methyl/N-ethyl adjacent to an activating group) is 1. The van der Waals surface area contributed by atoms with E-state index in [0.717, 1.165) is 18.9 Å². The maximum absolute atomic E-state index is 8.90. The van der Waals surface area contributed by atoms with Gasteiger partial charge in [0.2, 0.25) is 0 Å². The predicted molar refractivity (Wildman–Crippen MR) is 71.2 cm³/mol. The average molecular weight is 245 g/mol. The Morgan fingerprint density at radius 3 is 2.78 bits per heavy atom. The molecule has 0 atom stereocenters. The summed E-state index contributed by atoms with van der Waals surface area (Å²) in [7, 11) is 1.98. The summed E-state index contributed by atoms with van der Waals surface area (Å²) in [4.78, 5) is 6.43. The molecular weight excluding hydrogens is 226 g/mol. The van der Waals surface area contributed by atoms with Gasteiger partial charge in [0.25, 0.3) is 0 Å². The molecule has 0 unspecified atom stereocenters. The van der Waals surface area contributed by atoms with Crippen molar-refractivity contribution in [2.24, 2.45) is 0 Å². The van der Waals surface area contributed by atoms with Crippen molar-refractivity contribution in [2.45, 2.75) is 13.1 Å². The summed E-state index contributed by atoms with van der Waals surface area (Å²) >= 11 is 0. The molecule has 2 rings (SSSR count). The van der Waals surface area contributed by atoms with Gasteiger partial charge in [-0.2, -0.15) is 0 Å². The Morgan fingerprint density at radius 2 is 2.06 bits per heavy atom. The van der Waals surface area contributed by atoms with E-state index in [0.29, 0.717) is 6.54 Å². The lowest BCUT2D eigenvalue weighted by Gasteiger charge is -2.15. The number of hydrogen-bond donors (Lipinski definition) is 1. The zero-order valence-electron chi connectivity index (χ0n) is 10.7. The van der Waals surface area contributed by atoms with E-state index in [1.165, 1.54) is 5.56 Å². The van der Waals surface area contributed by atoms with Crippen LogP contribution in [-0.4, -0.2) is 39.8 Å². The van der Waals surface area contributed by atoms with Crippen LogP contribution in [0.15, 0.2) is 42.7 Å². The largest absolute Gasteiger partial charge is 0.395 e. The zero-order chi connectivity index (χ0) is 12.8. The van der Waals surface area contributed by atoms with Crippen LogP contribution in [0, 0.1) is 0 Å². The van der Waals surface area contributed by atoms with Gasteiger partial charge >= 0.3 is 0 Å². The number of rotatable bonds is 6. The molecule has 4 nitrogen and oxygen atoms in total. The Morgan fingerprint density at radius 1 is 1.28 bits per heavy atom. The van der Waals surface area contributed by atoms with Crippen molar-refractivity contribution in [3.63, 3.8) is 0 Å². The van der Waals surface area contributed by atoms with Gasteiger partial charge in [-0.05, 0) is 12.6 Å². The quantitative estimate of drug-likeness (QED) is 0.835. The van der Waals surface area contributed by atoms with Crippen molar-refractivity contribution < 1.29 is 5.11 Å². The van der Waals surface area contributed by atoms with Gasteiger partial charge in [0.15, 0.2) is 0 Å². The number of benzene rings is 1. The first-order valence-corrected chi connectivity index (χ1v) is 6.13. The van der Waals surface area contributed by atoms with Crippen LogP contribution >= 0.6 is 0 Å². The van der Waals surface area contributed by atoms with Gasteiger partial charge in [-0.3, -0.25) is 4.90 Å². The normalized spacial score (nSPS) is 11.1. The van der Waals surface area contributed by atoms with Gasteiger partial charge in [0.1, 0.15) is 5.82 Å². The number of hydrogen-bond acceptors (Lipinski definition) is 3. The molecule has 0 fully saturated rings. The van der Waals surface area contributed by atoms with Crippen LogP contribution in [0.5, 0.6) is 0 Å². The third-order valence-electron chi connectivity index (χ3n) is 2.89. The van der Waals surface area contributed by atoms with Gasteiger partial charge in [-0.15, -0.1) is 0 Å². The molecule has 1 aromatic heterocycles. The summed E-state index contributed by atoms with van der Waals surface area (Å²) in [6.07, 6.45) is 3.82. The van der Waals surface area contributed by atoms with Crippen molar-refractivity contribution >= 4 is 0 Å². The maximum atomic E-state index is 8.90. The predicted octanol–water partition coefficient (Wildman–Crippen LogP) is 1.36. The van der Waals surface area contributed by atoms with Gasteiger partial charge in [0, 0.05) is 25.5 Å². The molecule has 0 saturated carbocycles. The minimum Gasteiger partial charge on any atom is -0.395 e. The van der Waals surface area contributed by atoms with Crippen LogP contribution in [-0.2, 0) is 13.1 Å². The molecule has 0 amide bonds. The van der Waals surface area contributed by atoms with Crippen molar-refractivity contribution in [1.82, 2.24) is 14.5 Å². The SMILES string of the molecule is CN(CCO)Cc1nccn1Cc1ccccc1. The molecule has 0 radical (unpaired) electrons. The Balaban J connectivity index is 2.04. The van der Waals surface area contributed by atoms with Crippen molar-refractivity contribution in [2.75, 3.05) is 20.2 Å². The van der Waals surface area contributed by atoms with E-state index in [4.69, 9.17) is 5.11 Å². The second-order valence-electron chi connectivity index (χ2n) is 4.42. The number of imidazole rings is 1. The van der Waals surface area contributed by atoms with Gasteiger partial charge in [-0.25, -0.2) is 4.98 Å². The molecule has 0 aliphatic rings. The first-order chi connectivity index (χ1) is 8.79. The van der Waals surface area contributed by atoms with E-state index < -0.39 is 0 Å². The lowest BCUT2D eigenvalue weighted by Crippen LogP contribution is -2.23. The standard InChI is InChI=1S/C14H19N3O/c1-16(9-10-18)12-14-15-7-8-17(14)11-13-5-3-2-4-6-13/h2-8,18H,9-12H2,1H3. The van der Waals surface area contributed by atoms with E-state index in [1.807, 2.05) is 37.6 Å². The minimum atomic E-state index is 0.176. The van der Waals surface area contributed by atoms with Crippen LogP contribution in [0.25, 0.3) is 0 Å². The minimum absolute atomic E-state index is 0.176. The van der Waals surface area contributed by atoms with Crippen molar-refractivity contribution in [3.05, 3.63) is 54.1 Å². The van der Waals surface area contributed by atoms with Crippen molar-refractivity contribution in [1.29, 1.82) is 0 Å². The fourth-order valence-corrected chi connectivity index (χ4v) is 1.91. The highest BCUT2D eigenvalue weighted by atomic mass is 16.3. The molecule has 0 aliphatic heterocycles. The highest BCUT2D eigenvalue weighted by Crippen LogP contribution is 2.07. The molecule has 18 heavy (non-hydrogen) atoms. The van der Waals surface area contributed by atoms with E-state index in [2.05, 4.69) is 26.6 Å². The number of aliphatic hydroxyl groups is 1. The third kappa shape index (κ3) is 3.42. The molecule has 2 aromatic rings. The molecule has 0 aliphatic carbocycles. The van der Waals surface area contributed by atoms with Gasteiger partial charge in [-0.1, -0.05) is 30.3 Å². The van der Waals surface area contributed by atoms with E-state index in [9.17, 15) is 0 Å². The summed E-state index contributed by atoms with van der Waals surface area (Å²) in [5, 5.41) is 8.90. The summed E-state index contributed by atoms with van der Waals surface area (Å²) < 4.78 is 2.14. The Labute approximate surface area is 108 Å². The summed E-state index contributed by atoms with van der Waals surface area (Å²) in [6, 6.07) is 10.3. The van der Waals surface area contributed by atoms with Crippen LogP contribution in [0.2, 0.25) is 0 Å². The topological polar surface area (TPSA) is 41.3 Å². The summed E-state index contributed by atoms with van der Waals surface area (Å²) in [6.45, 7) is 2.43. The maximum Gasteiger partial charge on any atom is 0.123 e. The molecular formula is C14H19N3O. The van der Waals surface area contributed by atoms with E-state index in [1.54, 1.807) is 0 Å². The molecule has 0 spiro atoms. The lowest BCUT2D eigenvalue weighted by atomic mass is 10.2. The fourth-order valence-electron chi connectivity index (χ4n) is 1.91.